The molecule has 0 amide bonds. The average molecular weight is 233 g/mol. The number of hydrogen-bond donors (Lipinski definition) is 1. The van der Waals surface area contributed by atoms with Crippen molar-refractivity contribution < 1.29 is 4.74 Å². The van der Waals surface area contributed by atoms with Gasteiger partial charge in [-0.25, -0.2) is 9.97 Å². The summed E-state index contributed by atoms with van der Waals surface area (Å²) in [5, 5.41) is 0. The number of aromatic nitrogens is 4. The lowest BCUT2D eigenvalue weighted by Crippen LogP contribution is -2.19. The molecule has 0 radical (unpaired) electrons. The normalized spacial score (nSPS) is 16.1. The van der Waals surface area contributed by atoms with Crippen molar-refractivity contribution in [2.75, 3.05) is 12.8 Å². The number of nitrogens with two attached hydrogens (primary N) is 1. The van der Waals surface area contributed by atoms with Crippen molar-refractivity contribution >= 4 is 17.1 Å². The first kappa shape index (κ1) is 10.3. The predicted octanol–water partition coefficient (Wildman–Crippen LogP) is 1.22. The molecule has 6 heteroatoms. The van der Waals surface area contributed by atoms with Crippen LogP contribution in [0.2, 0.25) is 0 Å². The van der Waals surface area contributed by atoms with E-state index in [1.54, 1.807) is 7.11 Å². The molecule has 2 aromatic rings. The second kappa shape index (κ2) is 3.87. The lowest BCUT2D eigenvalue weighted by molar-refractivity contribution is 0.280. The lowest BCUT2D eigenvalue weighted by atomic mass is 9.85. The molecule has 0 saturated heterocycles. The fraction of sp³-hybridized carbons (Fsp3) is 0.545. The maximum Gasteiger partial charge on any atom is 0.245 e. The zero-order valence-electron chi connectivity index (χ0n) is 9.76. The first-order chi connectivity index (χ1) is 8.29. The largest absolute Gasteiger partial charge is 0.479 e. The molecule has 2 N–H and O–H groups in total. The van der Waals surface area contributed by atoms with Gasteiger partial charge in [-0.1, -0.05) is 6.42 Å². The summed E-state index contributed by atoms with van der Waals surface area (Å²) in [6.45, 7) is 0.891. The van der Waals surface area contributed by atoms with Crippen LogP contribution in [-0.2, 0) is 6.54 Å². The van der Waals surface area contributed by atoms with Crippen LogP contribution in [0.5, 0.6) is 5.88 Å². The first-order valence-electron chi connectivity index (χ1n) is 5.80. The molecule has 6 nitrogen and oxygen atoms in total. The third-order valence-corrected chi connectivity index (χ3v) is 3.39. The molecule has 2 aromatic heterocycles. The highest BCUT2D eigenvalue weighted by molar-refractivity contribution is 5.78. The number of ether oxygens (including phenoxy) is 1. The Labute approximate surface area is 98.8 Å². The van der Waals surface area contributed by atoms with Crippen molar-refractivity contribution in [1.29, 1.82) is 0 Å². The topological polar surface area (TPSA) is 78.8 Å². The number of imidazole rings is 1. The van der Waals surface area contributed by atoms with Gasteiger partial charge in [-0.15, -0.1) is 0 Å². The molecular weight excluding hydrogens is 218 g/mol. The number of nitrogens with zero attached hydrogens (tertiary/aromatic N) is 4. The van der Waals surface area contributed by atoms with Crippen LogP contribution < -0.4 is 10.5 Å². The van der Waals surface area contributed by atoms with Crippen LogP contribution in [0.15, 0.2) is 6.33 Å². The maximum atomic E-state index is 5.93. The minimum absolute atomic E-state index is 0.481. The Morgan fingerprint density at radius 2 is 2.29 bits per heavy atom. The smallest absolute Gasteiger partial charge is 0.245 e. The number of hydrogen-bond acceptors (Lipinski definition) is 5. The second-order valence-corrected chi connectivity index (χ2v) is 4.43. The molecular formula is C11H15N5O. The first-order valence-corrected chi connectivity index (χ1v) is 5.80. The van der Waals surface area contributed by atoms with Crippen molar-refractivity contribution in [3.05, 3.63) is 6.33 Å². The molecule has 1 saturated carbocycles. The minimum atomic E-state index is 0.481. The van der Waals surface area contributed by atoms with Crippen molar-refractivity contribution in [3.8, 4) is 5.88 Å². The standard InChI is InChI=1S/C11H15N5O/c1-17-10-8-9(13-6-14-10)16(11(12)15-8)5-7-3-2-4-7/h6-7H,2-5H2,1H3,(H2,12,15). The third-order valence-electron chi connectivity index (χ3n) is 3.39. The zero-order valence-corrected chi connectivity index (χ0v) is 9.76. The van der Waals surface area contributed by atoms with E-state index < -0.39 is 0 Å². The molecule has 0 bridgehead atoms. The Bertz CT molecular complexity index is 546. The Balaban J connectivity index is 2.07. The van der Waals surface area contributed by atoms with Gasteiger partial charge in [0, 0.05) is 6.54 Å². The highest BCUT2D eigenvalue weighted by Gasteiger charge is 2.22. The van der Waals surface area contributed by atoms with E-state index in [1.807, 2.05) is 4.57 Å². The number of fused-ring (bicyclic) bond motifs is 1. The summed E-state index contributed by atoms with van der Waals surface area (Å²) in [7, 11) is 1.57. The van der Waals surface area contributed by atoms with Gasteiger partial charge in [0.05, 0.1) is 7.11 Å². The van der Waals surface area contributed by atoms with Crippen LogP contribution in [0, 0.1) is 5.92 Å². The fourth-order valence-electron chi connectivity index (χ4n) is 2.20. The van der Waals surface area contributed by atoms with Crippen molar-refractivity contribution in [1.82, 2.24) is 19.5 Å². The summed E-state index contributed by atoms with van der Waals surface area (Å²) in [4.78, 5) is 12.6. The summed E-state index contributed by atoms with van der Waals surface area (Å²) < 4.78 is 7.12. The molecule has 1 fully saturated rings. The van der Waals surface area contributed by atoms with Crippen LogP contribution in [-0.4, -0.2) is 26.6 Å². The maximum absolute atomic E-state index is 5.93. The minimum Gasteiger partial charge on any atom is -0.479 e. The second-order valence-electron chi connectivity index (χ2n) is 4.43. The highest BCUT2D eigenvalue weighted by atomic mass is 16.5. The molecule has 90 valence electrons. The Morgan fingerprint density at radius 3 is 2.94 bits per heavy atom. The van der Waals surface area contributed by atoms with E-state index in [2.05, 4.69) is 15.0 Å². The van der Waals surface area contributed by atoms with Gasteiger partial charge >= 0.3 is 0 Å². The van der Waals surface area contributed by atoms with Gasteiger partial charge in [0.1, 0.15) is 6.33 Å². The number of nitrogen functional groups attached to an aromatic ring is 1. The molecule has 3 rings (SSSR count). The zero-order chi connectivity index (χ0) is 11.8. The van der Waals surface area contributed by atoms with E-state index in [9.17, 15) is 0 Å². The SMILES string of the molecule is COc1ncnc2c1nc(N)n2CC1CCC1. The predicted molar refractivity (Wildman–Crippen MR) is 63.6 cm³/mol. The van der Waals surface area contributed by atoms with Gasteiger partial charge in [-0.3, -0.25) is 4.57 Å². The van der Waals surface area contributed by atoms with E-state index in [-0.39, 0.29) is 0 Å². The summed E-state index contributed by atoms with van der Waals surface area (Å²) in [6, 6.07) is 0. The van der Waals surface area contributed by atoms with Crippen molar-refractivity contribution in [2.24, 2.45) is 5.92 Å². The van der Waals surface area contributed by atoms with Gasteiger partial charge in [0.25, 0.3) is 0 Å². The quantitative estimate of drug-likeness (QED) is 0.862. The van der Waals surface area contributed by atoms with E-state index in [4.69, 9.17) is 10.5 Å². The Morgan fingerprint density at radius 1 is 1.47 bits per heavy atom. The molecule has 0 unspecified atom stereocenters. The Hall–Kier alpha value is -1.85. The van der Waals surface area contributed by atoms with Crippen LogP contribution in [0.3, 0.4) is 0 Å². The fourth-order valence-corrected chi connectivity index (χ4v) is 2.20. The summed E-state index contributed by atoms with van der Waals surface area (Å²) in [5.74, 6) is 1.68. The molecule has 0 spiro atoms. The van der Waals surface area contributed by atoms with Crippen LogP contribution in [0.1, 0.15) is 19.3 Å². The number of anilines is 1. The van der Waals surface area contributed by atoms with Gasteiger partial charge in [-0.05, 0) is 18.8 Å². The van der Waals surface area contributed by atoms with Gasteiger partial charge in [-0.2, -0.15) is 4.98 Å². The van der Waals surface area contributed by atoms with Gasteiger partial charge in [0.2, 0.25) is 11.8 Å². The van der Waals surface area contributed by atoms with E-state index in [0.29, 0.717) is 23.3 Å². The van der Waals surface area contributed by atoms with Crippen LogP contribution in [0.25, 0.3) is 11.2 Å². The summed E-state index contributed by atoms with van der Waals surface area (Å²) in [5.41, 5.74) is 7.34. The molecule has 1 aliphatic rings. The monoisotopic (exact) mass is 233 g/mol. The molecule has 0 aromatic carbocycles. The van der Waals surface area contributed by atoms with Crippen LogP contribution in [0.4, 0.5) is 5.95 Å². The van der Waals surface area contributed by atoms with Crippen LogP contribution >= 0.6 is 0 Å². The molecule has 0 aliphatic heterocycles. The van der Waals surface area contributed by atoms with Gasteiger partial charge in [0.15, 0.2) is 11.2 Å². The number of rotatable bonds is 3. The third kappa shape index (κ3) is 1.60. The molecule has 1 aliphatic carbocycles. The number of methoxy groups -OCH3 is 1. The van der Waals surface area contributed by atoms with E-state index >= 15 is 0 Å². The van der Waals surface area contributed by atoms with Crippen molar-refractivity contribution in [2.45, 2.75) is 25.8 Å². The van der Waals surface area contributed by atoms with E-state index in [1.165, 1.54) is 25.6 Å². The Kier molecular flexibility index (Phi) is 2.35. The molecule has 0 atom stereocenters. The van der Waals surface area contributed by atoms with E-state index in [0.717, 1.165) is 12.2 Å². The lowest BCUT2D eigenvalue weighted by Gasteiger charge is -2.25. The molecule has 2 heterocycles. The summed E-state index contributed by atoms with van der Waals surface area (Å²) >= 11 is 0. The average Bonchev–Trinajstić information content (AvgIpc) is 2.59. The summed E-state index contributed by atoms with van der Waals surface area (Å²) in [6.07, 6.45) is 5.33. The molecule has 17 heavy (non-hydrogen) atoms. The van der Waals surface area contributed by atoms with Gasteiger partial charge < -0.3 is 10.5 Å². The highest BCUT2D eigenvalue weighted by Crippen LogP contribution is 2.31. The van der Waals surface area contributed by atoms with Crippen molar-refractivity contribution in [3.63, 3.8) is 0 Å².